The van der Waals surface area contributed by atoms with Crippen LogP contribution < -0.4 is 5.32 Å². The summed E-state index contributed by atoms with van der Waals surface area (Å²) in [5, 5.41) is 22.2. The van der Waals surface area contributed by atoms with Gasteiger partial charge in [-0.05, 0) is 30.3 Å². The maximum atomic E-state index is 12.6. The van der Waals surface area contributed by atoms with Crippen LogP contribution in [0, 0.1) is 10.1 Å². The van der Waals surface area contributed by atoms with Gasteiger partial charge >= 0.3 is 0 Å². The molecule has 28 heavy (non-hydrogen) atoms. The molecule has 9 nitrogen and oxygen atoms in total. The van der Waals surface area contributed by atoms with Gasteiger partial charge in [-0.1, -0.05) is 18.2 Å². The molecular formula is C19H14N6O3. The minimum Gasteiger partial charge on any atom is -0.319 e. The van der Waals surface area contributed by atoms with Gasteiger partial charge in [0.2, 0.25) is 0 Å². The average molecular weight is 374 g/mol. The summed E-state index contributed by atoms with van der Waals surface area (Å²) in [5.74, 6) is -0.399. The van der Waals surface area contributed by atoms with Crippen molar-refractivity contribution in [1.29, 1.82) is 0 Å². The number of nitro benzene ring substituents is 1. The summed E-state index contributed by atoms with van der Waals surface area (Å²) < 4.78 is 3.07. The zero-order chi connectivity index (χ0) is 19.5. The van der Waals surface area contributed by atoms with Gasteiger partial charge in [0.15, 0.2) is 5.69 Å². The Morgan fingerprint density at radius 3 is 2.64 bits per heavy atom. The fraction of sp³-hybridized carbons (Fsp3) is 0. The number of amides is 1. The number of carbonyl (C=O) groups is 1. The maximum absolute atomic E-state index is 12.6. The molecule has 0 aliphatic rings. The Kier molecular flexibility index (Phi) is 4.38. The van der Waals surface area contributed by atoms with Gasteiger partial charge in [0, 0.05) is 30.7 Å². The number of hydrogen-bond acceptors (Lipinski definition) is 5. The van der Waals surface area contributed by atoms with E-state index in [2.05, 4.69) is 15.5 Å². The number of nitrogens with one attached hydrogen (secondary N) is 1. The quantitative estimate of drug-likeness (QED) is 0.426. The summed E-state index contributed by atoms with van der Waals surface area (Å²) in [6.07, 6.45) is 5.01. The summed E-state index contributed by atoms with van der Waals surface area (Å²) in [4.78, 5) is 23.1. The Morgan fingerprint density at radius 1 is 1.00 bits per heavy atom. The molecule has 0 unspecified atom stereocenters. The highest BCUT2D eigenvalue weighted by Crippen LogP contribution is 2.20. The van der Waals surface area contributed by atoms with Crippen LogP contribution in [0.1, 0.15) is 10.5 Å². The molecule has 1 N–H and O–H groups in total. The molecule has 0 aliphatic heterocycles. The largest absolute Gasteiger partial charge is 0.319 e. The highest BCUT2D eigenvalue weighted by atomic mass is 16.6. The van der Waals surface area contributed by atoms with Gasteiger partial charge < -0.3 is 5.32 Å². The number of nitrogens with zero attached hydrogens (tertiary/aromatic N) is 5. The molecule has 0 saturated carbocycles. The number of hydrogen-bond donors (Lipinski definition) is 1. The lowest BCUT2D eigenvalue weighted by Crippen LogP contribution is -2.15. The van der Waals surface area contributed by atoms with E-state index in [9.17, 15) is 14.9 Å². The van der Waals surface area contributed by atoms with Crippen molar-refractivity contribution in [2.24, 2.45) is 0 Å². The van der Waals surface area contributed by atoms with Gasteiger partial charge in [0.05, 0.1) is 22.0 Å². The molecule has 0 aliphatic carbocycles. The smallest absolute Gasteiger partial charge is 0.276 e. The second kappa shape index (κ2) is 7.16. The number of aromatic nitrogens is 4. The van der Waals surface area contributed by atoms with Gasteiger partial charge in [-0.3, -0.25) is 14.9 Å². The van der Waals surface area contributed by atoms with Crippen LogP contribution in [0.5, 0.6) is 0 Å². The van der Waals surface area contributed by atoms with Gasteiger partial charge in [-0.2, -0.15) is 10.2 Å². The number of para-hydroxylation sites is 2. The van der Waals surface area contributed by atoms with Crippen molar-refractivity contribution in [2.45, 2.75) is 0 Å². The Bertz CT molecular complexity index is 1150. The molecular weight excluding hydrogens is 360 g/mol. The maximum Gasteiger partial charge on any atom is 0.276 e. The van der Waals surface area contributed by atoms with E-state index in [1.807, 2.05) is 18.2 Å². The van der Waals surface area contributed by atoms with Gasteiger partial charge in [-0.15, -0.1) is 0 Å². The second-order valence-corrected chi connectivity index (χ2v) is 5.84. The first-order chi connectivity index (χ1) is 13.6. The average Bonchev–Trinajstić information content (AvgIpc) is 3.41. The molecule has 2 aromatic heterocycles. The first kappa shape index (κ1) is 17.2. The minimum absolute atomic E-state index is 0.0489. The topological polar surface area (TPSA) is 108 Å². The van der Waals surface area contributed by atoms with Crippen LogP contribution >= 0.6 is 0 Å². The summed E-state index contributed by atoms with van der Waals surface area (Å²) in [6, 6.07) is 16.6. The molecule has 0 spiro atoms. The third-order valence-corrected chi connectivity index (χ3v) is 4.03. The normalized spacial score (nSPS) is 10.6. The first-order valence-electron chi connectivity index (χ1n) is 8.33. The highest BCUT2D eigenvalue weighted by molar-refractivity contribution is 6.03. The third-order valence-electron chi connectivity index (χ3n) is 4.03. The molecule has 0 saturated heterocycles. The Balaban J connectivity index is 1.58. The van der Waals surface area contributed by atoms with E-state index in [4.69, 9.17) is 0 Å². The molecule has 0 bridgehead atoms. The molecule has 0 radical (unpaired) electrons. The third kappa shape index (κ3) is 3.36. The van der Waals surface area contributed by atoms with E-state index in [-0.39, 0.29) is 11.4 Å². The summed E-state index contributed by atoms with van der Waals surface area (Å²) in [6.45, 7) is 0. The number of nitro groups is 1. The van der Waals surface area contributed by atoms with Gasteiger partial charge in [0.25, 0.3) is 11.6 Å². The molecule has 138 valence electrons. The Morgan fingerprint density at radius 2 is 1.86 bits per heavy atom. The number of anilines is 1. The predicted molar refractivity (Wildman–Crippen MR) is 102 cm³/mol. The van der Waals surface area contributed by atoms with Gasteiger partial charge in [-0.25, -0.2) is 9.36 Å². The number of non-ortho nitro benzene ring substituents is 1. The highest BCUT2D eigenvalue weighted by Gasteiger charge is 2.14. The van der Waals surface area contributed by atoms with Crippen molar-refractivity contribution in [3.8, 4) is 11.4 Å². The summed E-state index contributed by atoms with van der Waals surface area (Å²) in [5.41, 5.74) is 1.93. The van der Waals surface area contributed by atoms with E-state index in [0.717, 1.165) is 5.69 Å². The Labute approximate surface area is 159 Å². The van der Waals surface area contributed by atoms with Crippen LogP contribution in [-0.2, 0) is 0 Å². The summed E-state index contributed by atoms with van der Waals surface area (Å²) in [7, 11) is 0. The predicted octanol–water partition coefficient (Wildman–Crippen LogP) is 3.22. The SMILES string of the molecule is O=C(Nc1ccccc1-n1cccn1)c1ccn(-c2cccc([N+](=O)[O-])c2)n1. The van der Waals surface area contributed by atoms with E-state index >= 15 is 0 Å². The van der Waals surface area contributed by atoms with Crippen molar-refractivity contribution in [1.82, 2.24) is 19.6 Å². The van der Waals surface area contributed by atoms with Crippen molar-refractivity contribution < 1.29 is 9.72 Å². The van der Waals surface area contributed by atoms with E-state index < -0.39 is 10.8 Å². The Hall–Kier alpha value is -4.27. The number of carbonyl (C=O) groups excluding carboxylic acids is 1. The number of rotatable bonds is 5. The first-order valence-corrected chi connectivity index (χ1v) is 8.33. The second-order valence-electron chi connectivity index (χ2n) is 5.84. The van der Waals surface area contributed by atoms with Crippen LogP contribution in [-0.4, -0.2) is 30.4 Å². The van der Waals surface area contributed by atoms with Crippen molar-refractivity contribution >= 4 is 17.3 Å². The zero-order valence-electron chi connectivity index (χ0n) is 14.5. The van der Waals surface area contributed by atoms with E-state index in [0.29, 0.717) is 11.4 Å². The van der Waals surface area contributed by atoms with Crippen LogP contribution in [0.15, 0.2) is 79.3 Å². The lowest BCUT2D eigenvalue weighted by molar-refractivity contribution is -0.384. The molecule has 9 heteroatoms. The molecule has 4 rings (SSSR count). The molecule has 2 heterocycles. The van der Waals surface area contributed by atoms with Crippen LogP contribution in [0.2, 0.25) is 0 Å². The molecule has 0 atom stereocenters. The summed E-state index contributed by atoms with van der Waals surface area (Å²) >= 11 is 0. The fourth-order valence-corrected chi connectivity index (χ4v) is 2.71. The molecule has 2 aromatic carbocycles. The zero-order valence-corrected chi connectivity index (χ0v) is 14.5. The molecule has 1 amide bonds. The van der Waals surface area contributed by atoms with Crippen molar-refractivity contribution in [3.63, 3.8) is 0 Å². The van der Waals surface area contributed by atoms with Crippen LogP contribution in [0.3, 0.4) is 0 Å². The van der Waals surface area contributed by atoms with Crippen LogP contribution in [0.25, 0.3) is 11.4 Å². The van der Waals surface area contributed by atoms with Crippen molar-refractivity contribution in [3.05, 3.63) is 95.1 Å². The monoisotopic (exact) mass is 374 g/mol. The molecule has 4 aromatic rings. The van der Waals surface area contributed by atoms with Crippen molar-refractivity contribution in [2.75, 3.05) is 5.32 Å². The van der Waals surface area contributed by atoms with Crippen LogP contribution in [0.4, 0.5) is 11.4 Å². The lowest BCUT2D eigenvalue weighted by atomic mass is 10.2. The fourth-order valence-electron chi connectivity index (χ4n) is 2.71. The lowest BCUT2D eigenvalue weighted by Gasteiger charge is -2.10. The van der Waals surface area contributed by atoms with E-state index in [1.54, 1.807) is 53.6 Å². The molecule has 0 fully saturated rings. The number of benzene rings is 2. The minimum atomic E-state index is -0.479. The van der Waals surface area contributed by atoms with E-state index in [1.165, 1.54) is 16.8 Å². The van der Waals surface area contributed by atoms with Gasteiger partial charge in [0.1, 0.15) is 0 Å². The standard InChI is InChI=1S/C19H14N6O3/c26-19(21-16-7-1-2-8-18(16)24-11-4-10-20-24)17-9-12-23(22-17)14-5-3-6-15(13-14)25(27)28/h1-13H,(H,21,26).